The van der Waals surface area contributed by atoms with Crippen LogP contribution in [0.4, 0.5) is 0 Å². The van der Waals surface area contributed by atoms with E-state index in [-0.39, 0.29) is 18.4 Å². The van der Waals surface area contributed by atoms with Crippen molar-refractivity contribution in [2.45, 2.75) is 27.2 Å². The van der Waals surface area contributed by atoms with Crippen LogP contribution in [0.2, 0.25) is 0 Å². The molecule has 1 unspecified atom stereocenters. The summed E-state index contributed by atoms with van der Waals surface area (Å²) in [6.45, 7) is 6.65. The number of benzene rings is 1. The second kappa shape index (κ2) is 8.02. The molecule has 5 nitrogen and oxygen atoms in total. The van der Waals surface area contributed by atoms with Gasteiger partial charge in [-0.3, -0.25) is 4.79 Å². The van der Waals surface area contributed by atoms with Crippen LogP contribution in [0.1, 0.15) is 35.1 Å². The molecule has 0 aliphatic rings. The Kier molecular flexibility index (Phi) is 6.04. The van der Waals surface area contributed by atoms with Gasteiger partial charge in [0.1, 0.15) is 5.75 Å². The van der Waals surface area contributed by atoms with E-state index in [0.717, 1.165) is 22.8 Å². The molecule has 5 heteroatoms. The number of amides is 1. The van der Waals surface area contributed by atoms with E-state index >= 15 is 0 Å². The topological polar surface area (TPSA) is 63.5 Å². The monoisotopic (exact) mass is 330 g/mol. The maximum Gasteiger partial charge on any atom is 0.253 e. The van der Waals surface area contributed by atoms with Gasteiger partial charge in [-0.05, 0) is 56.5 Å². The van der Waals surface area contributed by atoms with Crippen LogP contribution in [-0.4, -0.2) is 35.8 Å². The molecule has 2 aromatic rings. The number of nitrogens with one attached hydrogen (secondary N) is 1. The molecule has 1 atom stereocenters. The summed E-state index contributed by atoms with van der Waals surface area (Å²) in [6.07, 6.45) is 0.686. The van der Waals surface area contributed by atoms with Gasteiger partial charge in [0.25, 0.3) is 5.91 Å². The van der Waals surface area contributed by atoms with Gasteiger partial charge < -0.3 is 19.7 Å². The maximum atomic E-state index is 12.5. The Morgan fingerprint density at radius 3 is 2.54 bits per heavy atom. The van der Waals surface area contributed by atoms with Crippen molar-refractivity contribution < 1.29 is 14.6 Å². The summed E-state index contributed by atoms with van der Waals surface area (Å²) in [7, 11) is 1.64. The number of hydrogen-bond acceptors (Lipinski definition) is 3. The smallest absolute Gasteiger partial charge is 0.253 e. The lowest BCUT2D eigenvalue weighted by Gasteiger charge is -2.12. The highest BCUT2D eigenvalue weighted by atomic mass is 16.5. The number of aryl methyl sites for hydroxylation is 1. The van der Waals surface area contributed by atoms with Crippen LogP contribution in [0.15, 0.2) is 30.3 Å². The second-order valence-electron chi connectivity index (χ2n) is 6.15. The minimum atomic E-state index is -0.0762. The normalized spacial score (nSPS) is 12.0. The fourth-order valence-corrected chi connectivity index (χ4v) is 2.81. The van der Waals surface area contributed by atoms with Gasteiger partial charge >= 0.3 is 0 Å². The molecule has 24 heavy (non-hydrogen) atoms. The summed E-state index contributed by atoms with van der Waals surface area (Å²) in [5, 5.41) is 11.9. The molecule has 0 saturated carbocycles. The highest BCUT2D eigenvalue weighted by Gasteiger charge is 2.17. The molecule has 1 aromatic heterocycles. The van der Waals surface area contributed by atoms with E-state index in [0.29, 0.717) is 18.5 Å². The molecule has 1 amide bonds. The fraction of sp³-hybridized carbons (Fsp3) is 0.421. The number of ether oxygens (including phenoxy) is 1. The van der Waals surface area contributed by atoms with Crippen LogP contribution in [0.5, 0.6) is 5.75 Å². The Bertz CT molecular complexity index is 689. The zero-order valence-electron chi connectivity index (χ0n) is 14.8. The first kappa shape index (κ1) is 18.1. The average molecular weight is 330 g/mol. The number of aliphatic hydroxyl groups excluding tert-OH is 1. The second-order valence-corrected chi connectivity index (χ2v) is 6.15. The van der Waals surface area contributed by atoms with E-state index < -0.39 is 0 Å². The van der Waals surface area contributed by atoms with E-state index in [1.807, 2.05) is 51.1 Å². The number of carbonyl (C=O) groups is 1. The summed E-state index contributed by atoms with van der Waals surface area (Å²) in [5.41, 5.74) is 3.59. The van der Waals surface area contributed by atoms with Crippen LogP contribution in [0, 0.1) is 19.8 Å². The van der Waals surface area contributed by atoms with Crippen molar-refractivity contribution in [3.05, 3.63) is 47.3 Å². The van der Waals surface area contributed by atoms with Gasteiger partial charge in [-0.1, -0.05) is 6.92 Å². The largest absolute Gasteiger partial charge is 0.497 e. The third-order valence-corrected chi connectivity index (χ3v) is 4.24. The highest BCUT2D eigenvalue weighted by Crippen LogP contribution is 2.22. The number of methoxy groups -OCH3 is 1. The van der Waals surface area contributed by atoms with Crippen molar-refractivity contribution in [1.29, 1.82) is 0 Å². The van der Waals surface area contributed by atoms with Crippen LogP contribution < -0.4 is 10.1 Å². The Hall–Kier alpha value is -2.27. The Morgan fingerprint density at radius 1 is 1.29 bits per heavy atom. The van der Waals surface area contributed by atoms with E-state index in [1.165, 1.54) is 0 Å². The standard InChI is InChI=1S/C19H26N2O3/c1-13(9-10-22)12-20-19(23)18-11-14(2)21(15(18)3)16-5-7-17(24-4)8-6-16/h5-8,11,13,22H,9-10,12H2,1-4H3,(H,20,23). The van der Waals surface area contributed by atoms with Gasteiger partial charge in [0.05, 0.1) is 12.7 Å². The molecule has 1 aromatic carbocycles. The van der Waals surface area contributed by atoms with Gasteiger partial charge in [0, 0.05) is 30.2 Å². The van der Waals surface area contributed by atoms with Crippen LogP contribution in [-0.2, 0) is 0 Å². The molecule has 0 radical (unpaired) electrons. The van der Waals surface area contributed by atoms with Crippen molar-refractivity contribution in [2.24, 2.45) is 5.92 Å². The van der Waals surface area contributed by atoms with Gasteiger partial charge in [-0.2, -0.15) is 0 Å². The number of rotatable bonds is 7. The molecule has 0 spiro atoms. The van der Waals surface area contributed by atoms with Gasteiger partial charge in [-0.15, -0.1) is 0 Å². The van der Waals surface area contributed by atoms with E-state index in [9.17, 15) is 4.79 Å². The first-order valence-electron chi connectivity index (χ1n) is 8.20. The molecule has 0 fully saturated rings. The van der Waals surface area contributed by atoms with Crippen LogP contribution >= 0.6 is 0 Å². The van der Waals surface area contributed by atoms with Crippen molar-refractivity contribution in [2.75, 3.05) is 20.3 Å². The van der Waals surface area contributed by atoms with Crippen molar-refractivity contribution in [1.82, 2.24) is 9.88 Å². The zero-order chi connectivity index (χ0) is 17.7. The van der Waals surface area contributed by atoms with Crippen LogP contribution in [0.3, 0.4) is 0 Å². The van der Waals surface area contributed by atoms with Crippen molar-refractivity contribution in [3.8, 4) is 11.4 Å². The lowest BCUT2D eigenvalue weighted by Crippen LogP contribution is -2.29. The summed E-state index contributed by atoms with van der Waals surface area (Å²) < 4.78 is 7.25. The third-order valence-electron chi connectivity index (χ3n) is 4.24. The number of carbonyl (C=O) groups excluding carboxylic acids is 1. The number of aromatic nitrogens is 1. The van der Waals surface area contributed by atoms with Gasteiger partial charge in [0.2, 0.25) is 0 Å². The molecular weight excluding hydrogens is 304 g/mol. The quantitative estimate of drug-likeness (QED) is 0.820. The van der Waals surface area contributed by atoms with E-state index in [1.54, 1.807) is 7.11 Å². The minimum Gasteiger partial charge on any atom is -0.497 e. The molecule has 130 valence electrons. The molecular formula is C19H26N2O3. The lowest BCUT2D eigenvalue weighted by atomic mass is 10.1. The molecule has 0 saturated heterocycles. The first-order chi connectivity index (χ1) is 11.5. The lowest BCUT2D eigenvalue weighted by molar-refractivity contribution is 0.0945. The molecule has 1 heterocycles. The summed E-state index contributed by atoms with van der Waals surface area (Å²) in [6, 6.07) is 9.67. The predicted molar refractivity (Wildman–Crippen MR) is 95.0 cm³/mol. The van der Waals surface area contributed by atoms with E-state index in [2.05, 4.69) is 9.88 Å². The average Bonchev–Trinajstić information content (AvgIpc) is 2.88. The molecule has 0 bridgehead atoms. The van der Waals surface area contributed by atoms with Crippen molar-refractivity contribution in [3.63, 3.8) is 0 Å². The predicted octanol–water partition coefficient (Wildman–Crippen LogP) is 2.85. The Morgan fingerprint density at radius 2 is 1.96 bits per heavy atom. The Balaban J connectivity index is 2.20. The number of hydrogen-bond donors (Lipinski definition) is 2. The molecule has 0 aliphatic carbocycles. The maximum absolute atomic E-state index is 12.5. The highest BCUT2D eigenvalue weighted by molar-refractivity contribution is 5.95. The summed E-state index contributed by atoms with van der Waals surface area (Å²) in [4.78, 5) is 12.5. The molecule has 2 N–H and O–H groups in total. The molecule has 0 aliphatic heterocycles. The van der Waals surface area contributed by atoms with Gasteiger partial charge in [-0.25, -0.2) is 0 Å². The van der Waals surface area contributed by atoms with Gasteiger partial charge in [0.15, 0.2) is 0 Å². The number of nitrogens with zero attached hydrogens (tertiary/aromatic N) is 1. The van der Waals surface area contributed by atoms with E-state index in [4.69, 9.17) is 9.84 Å². The molecule has 2 rings (SSSR count). The number of aliphatic hydroxyl groups is 1. The third kappa shape index (κ3) is 3.97. The zero-order valence-corrected chi connectivity index (χ0v) is 14.8. The SMILES string of the molecule is COc1ccc(-n2c(C)cc(C(=O)NCC(C)CCO)c2C)cc1. The summed E-state index contributed by atoms with van der Waals surface area (Å²) in [5.74, 6) is 0.980. The van der Waals surface area contributed by atoms with Crippen LogP contribution in [0.25, 0.3) is 5.69 Å². The fourth-order valence-electron chi connectivity index (χ4n) is 2.81. The van der Waals surface area contributed by atoms with Crippen molar-refractivity contribution >= 4 is 5.91 Å². The Labute approximate surface area is 143 Å². The first-order valence-corrected chi connectivity index (χ1v) is 8.20. The minimum absolute atomic E-state index is 0.0762. The summed E-state index contributed by atoms with van der Waals surface area (Å²) >= 11 is 0.